The largest absolute Gasteiger partial charge is 0.398 e. The number of nitrogens with two attached hydrogens (primary N) is 4. The highest BCUT2D eigenvalue weighted by Gasteiger charge is 2.53. The third-order valence-corrected chi connectivity index (χ3v) is 7.56. The van der Waals surface area contributed by atoms with Gasteiger partial charge in [0.1, 0.15) is 0 Å². The number of hydrogen-bond donors (Lipinski definition) is 4. The van der Waals surface area contributed by atoms with Crippen LogP contribution in [0.15, 0.2) is 72.8 Å². The van der Waals surface area contributed by atoms with Gasteiger partial charge in [0.25, 0.3) is 0 Å². The minimum Gasteiger partial charge on any atom is -0.398 e. The average Bonchev–Trinajstić information content (AvgIpc) is 2.76. The molecule has 8 N–H and O–H groups in total. The third-order valence-electron chi connectivity index (χ3n) is 7.56. The maximum Gasteiger partial charge on any atom is 0.0494 e. The van der Waals surface area contributed by atoms with E-state index in [4.69, 9.17) is 22.9 Å². The molecule has 0 radical (unpaired) electrons. The summed E-state index contributed by atoms with van der Waals surface area (Å²) in [6, 6.07) is 16.7. The molecule has 0 spiro atoms. The van der Waals surface area contributed by atoms with Crippen molar-refractivity contribution in [2.75, 3.05) is 11.5 Å². The molecule has 6 unspecified atom stereocenters. The van der Waals surface area contributed by atoms with Gasteiger partial charge in [0.05, 0.1) is 0 Å². The summed E-state index contributed by atoms with van der Waals surface area (Å²) in [5, 5.41) is 1.98. The SMILES string of the molecule is Nc1cccc2ccc(-c3ccc4c(c3)C3C(N)C(N)C4C4C=CC=CC43)c(N)c12. The van der Waals surface area contributed by atoms with Crippen molar-refractivity contribution in [3.8, 4) is 11.1 Å². The summed E-state index contributed by atoms with van der Waals surface area (Å²) in [5.41, 5.74) is 32.4. The second-order valence-electron chi connectivity index (χ2n) is 8.95. The molecule has 4 aliphatic rings. The lowest BCUT2D eigenvalue weighted by Crippen LogP contribution is -2.61. The first kappa shape index (κ1) is 17.8. The normalized spacial score (nSPS) is 31.0. The molecule has 30 heavy (non-hydrogen) atoms. The van der Waals surface area contributed by atoms with E-state index < -0.39 is 0 Å². The number of hydrogen-bond acceptors (Lipinski definition) is 4. The lowest BCUT2D eigenvalue weighted by molar-refractivity contribution is 0.169. The minimum absolute atomic E-state index is 0.0173. The van der Waals surface area contributed by atoms with E-state index in [1.165, 1.54) is 11.1 Å². The van der Waals surface area contributed by atoms with Gasteiger partial charge >= 0.3 is 0 Å². The molecule has 4 heteroatoms. The van der Waals surface area contributed by atoms with Crippen molar-refractivity contribution in [3.63, 3.8) is 0 Å². The van der Waals surface area contributed by atoms with Crippen molar-refractivity contribution >= 4 is 22.1 Å². The fourth-order valence-electron chi connectivity index (χ4n) is 6.20. The summed E-state index contributed by atoms with van der Waals surface area (Å²) in [4.78, 5) is 0. The fourth-order valence-corrected chi connectivity index (χ4v) is 6.20. The first-order chi connectivity index (χ1) is 14.6. The molecule has 3 aromatic rings. The van der Waals surface area contributed by atoms with E-state index in [2.05, 4.69) is 54.6 Å². The van der Waals surface area contributed by atoms with E-state index in [0.717, 1.165) is 27.6 Å². The van der Waals surface area contributed by atoms with Crippen LogP contribution in [0.4, 0.5) is 11.4 Å². The Morgan fingerprint density at radius 2 is 1.40 bits per heavy atom. The standard InChI is InChI=1S/C26H26N4/c27-20-7-3-4-13-8-10-15(24(28)21(13)20)14-9-11-18-19(12-14)23-17-6-2-1-5-16(17)22(18)25(29)26(23)30/h1-12,16-17,22-23,25-26H,27-30H2. The van der Waals surface area contributed by atoms with Crippen molar-refractivity contribution in [2.24, 2.45) is 23.3 Å². The van der Waals surface area contributed by atoms with Gasteiger partial charge in [-0.2, -0.15) is 0 Å². The minimum atomic E-state index is -0.0419. The van der Waals surface area contributed by atoms with Crippen molar-refractivity contribution in [3.05, 3.63) is 84.0 Å². The molecule has 0 aromatic heterocycles. The molecular weight excluding hydrogens is 368 g/mol. The molecule has 1 saturated carbocycles. The predicted octanol–water partition coefficient (Wildman–Crippen LogP) is 3.88. The van der Waals surface area contributed by atoms with Crippen LogP contribution in [0.2, 0.25) is 0 Å². The molecule has 1 fully saturated rings. The van der Waals surface area contributed by atoms with Gasteiger partial charge in [-0.25, -0.2) is 0 Å². The number of nitrogen functional groups attached to an aromatic ring is 2. The quantitative estimate of drug-likeness (QED) is 0.470. The monoisotopic (exact) mass is 394 g/mol. The van der Waals surface area contributed by atoms with Gasteiger partial charge in [-0.1, -0.05) is 66.8 Å². The van der Waals surface area contributed by atoms with Gasteiger partial charge in [0, 0.05) is 46.2 Å². The second kappa shape index (κ2) is 6.21. The molecule has 0 aliphatic heterocycles. The zero-order chi connectivity index (χ0) is 20.6. The Balaban J connectivity index is 1.54. The van der Waals surface area contributed by atoms with Gasteiger partial charge < -0.3 is 22.9 Å². The summed E-state index contributed by atoms with van der Waals surface area (Å²) in [6.45, 7) is 0. The van der Waals surface area contributed by atoms with E-state index in [-0.39, 0.29) is 23.9 Å². The third kappa shape index (κ3) is 2.23. The van der Waals surface area contributed by atoms with Crippen LogP contribution in [-0.2, 0) is 0 Å². The molecular formula is C26H26N4. The predicted molar refractivity (Wildman–Crippen MR) is 125 cm³/mol. The molecule has 6 atom stereocenters. The van der Waals surface area contributed by atoms with Crippen molar-refractivity contribution in [1.82, 2.24) is 0 Å². The lowest BCUT2D eigenvalue weighted by Gasteiger charge is -2.55. The zero-order valence-electron chi connectivity index (χ0n) is 16.7. The maximum absolute atomic E-state index is 6.67. The zero-order valence-corrected chi connectivity index (χ0v) is 16.7. The van der Waals surface area contributed by atoms with E-state index in [1.54, 1.807) is 0 Å². The topological polar surface area (TPSA) is 104 Å². The number of anilines is 2. The number of allylic oxidation sites excluding steroid dienone is 4. The van der Waals surface area contributed by atoms with Crippen LogP contribution in [0, 0.1) is 11.8 Å². The Hall–Kier alpha value is -3.08. The van der Waals surface area contributed by atoms with Crippen LogP contribution >= 0.6 is 0 Å². The Bertz CT molecular complexity index is 1240. The molecule has 7 rings (SSSR count). The molecule has 4 aliphatic carbocycles. The molecule has 3 aromatic carbocycles. The molecule has 0 saturated heterocycles. The van der Waals surface area contributed by atoms with Crippen molar-refractivity contribution < 1.29 is 0 Å². The van der Waals surface area contributed by atoms with E-state index in [0.29, 0.717) is 17.5 Å². The van der Waals surface area contributed by atoms with Gasteiger partial charge in [-0.15, -0.1) is 0 Å². The number of fused-ring (bicyclic) bond motifs is 2. The van der Waals surface area contributed by atoms with Crippen LogP contribution < -0.4 is 22.9 Å². The van der Waals surface area contributed by atoms with Crippen molar-refractivity contribution in [1.29, 1.82) is 0 Å². The summed E-state index contributed by atoms with van der Waals surface area (Å²) in [7, 11) is 0. The van der Waals surface area contributed by atoms with E-state index in [1.807, 2.05) is 18.2 Å². The molecule has 0 heterocycles. The highest BCUT2D eigenvalue weighted by atomic mass is 14.9. The summed E-state index contributed by atoms with van der Waals surface area (Å²) < 4.78 is 0. The van der Waals surface area contributed by atoms with Gasteiger partial charge in [0.2, 0.25) is 0 Å². The Labute approximate surface area is 176 Å². The molecule has 150 valence electrons. The van der Waals surface area contributed by atoms with Crippen molar-refractivity contribution in [2.45, 2.75) is 23.9 Å². The first-order valence-corrected chi connectivity index (χ1v) is 10.6. The smallest absolute Gasteiger partial charge is 0.0494 e. The van der Waals surface area contributed by atoms with Crippen LogP contribution in [0.25, 0.3) is 21.9 Å². The van der Waals surface area contributed by atoms with Gasteiger partial charge in [0.15, 0.2) is 0 Å². The molecule has 4 nitrogen and oxygen atoms in total. The van der Waals surface area contributed by atoms with Crippen LogP contribution in [0.1, 0.15) is 23.0 Å². The summed E-state index contributed by atoms with van der Waals surface area (Å²) >= 11 is 0. The Morgan fingerprint density at radius 3 is 2.13 bits per heavy atom. The molecule has 0 amide bonds. The van der Waals surface area contributed by atoms with E-state index in [9.17, 15) is 0 Å². The highest BCUT2D eigenvalue weighted by molar-refractivity contribution is 6.06. The first-order valence-electron chi connectivity index (χ1n) is 10.6. The van der Waals surface area contributed by atoms with Gasteiger partial charge in [-0.3, -0.25) is 0 Å². The Kier molecular flexibility index (Phi) is 3.67. The highest BCUT2D eigenvalue weighted by Crippen LogP contribution is 2.57. The van der Waals surface area contributed by atoms with E-state index >= 15 is 0 Å². The van der Waals surface area contributed by atoms with Crippen LogP contribution in [0.5, 0.6) is 0 Å². The lowest BCUT2D eigenvalue weighted by atomic mass is 9.52. The van der Waals surface area contributed by atoms with Gasteiger partial charge in [-0.05, 0) is 40.0 Å². The molecule has 2 bridgehead atoms. The fraction of sp³-hybridized carbons (Fsp3) is 0.231. The average molecular weight is 395 g/mol. The number of rotatable bonds is 1. The second-order valence-corrected chi connectivity index (χ2v) is 8.95. The number of benzene rings is 3. The maximum atomic E-state index is 6.67. The summed E-state index contributed by atoms with van der Waals surface area (Å²) in [5.74, 6) is 1.31. The van der Waals surface area contributed by atoms with Crippen LogP contribution in [-0.4, -0.2) is 12.1 Å². The summed E-state index contributed by atoms with van der Waals surface area (Å²) in [6.07, 6.45) is 8.92. The Morgan fingerprint density at radius 1 is 0.700 bits per heavy atom. The van der Waals surface area contributed by atoms with Crippen LogP contribution in [0.3, 0.4) is 0 Å².